The minimum atomic E-state index is -0.297. The number of ether oxygens (including phenoxy) is 1. The van der Waals surface area contributed by atoms with E-state index in [0.717, 1.165) is 48.2 Å². The second-order valence-corrected chi connectivity index (χ2v) is 8.45. The van der Waals surface area contributed by atoms with Crippen LogP contribution in [0.15, 0.2) is 36.7 Å². The predicted octanol–water partition coefficient (Wildman–Crippen LogP) is 3.42. The molecule has 0 saturated carbocycles. The zero-order valence-corrected chi connectivity index (χ0v) is 17.9. The van der Waals surface area contributed by atoms with Gasteiger partial charge < -0.3 is 9.64 Å². The summed E-state index contributed by atoms with van der Waals surface area (Å²) >= 11 is 1.34. The van der Waals surface area contributed by atoms with Gasteiger partial charge in [0, 0.05) is 37.5 Å². The third kappa shape index (κ3) is 4.73. The first-order chi connectivity index (χ1) is 14.6. The molecule has 8 nitrogen and oxygen atoms in total. The van der Waals surface area contributed by atoms with Crippen molar-refractivity contribution < 1.29 is 9.53 Å². The standard InChI is InChI=1S/C21H24N6O2S/c1-14-7-9-27(10-8-14)20-22-12-16(13-23-20)19(28)24-21-26-25-18(30-21)11-15-5-3-4-6-17(15)29-2/h3-6,12-14H,7-11H2,1-2H3,(H,24,26,28). The van der Waals surface area contributed by atoms with Crippen LogP contribution in [0.2, 0.25) is 0 Å². The summed E-state index contributed by atoms with van der Waals surface area (Å²) in [5, 5.41) is 12.3. The first-order valence-electron chi connectivity index (χ1n) is 9.95. The lowest BCUT2D eigenvalue weighted by Gasteiger charge is -2.30. The highest BCUT2D eigenvalue weighted by atomic mass is 32.1. The lowest BCUT2D eigenvalue weighted by molar-refractivity contribution is 0.102. The van der Waals surface area contributed by atoms with Crippen molar-refractivity contribution in [2.24, 2.45) is 5.92 Å². The smallest absolute Gasteiger partial charge is 0.260 e. The van der Waals surface area contributed by atoms with Gasteiger partial charge in [0.1, 0.15) is 10.8 Å². The van der Waals surface area contributed by atoms with E-state index in [0.29, 0.717) is 23.1 Å². The average Bonchev–Trinajstić information content (AvgIpc) is 3.21. The molecule has 0 radical (unpaired) electrons. The van der Waals surface area contributed by atoms with Crippen molar-refractivity contribution in [1.82, 2.24) is 20.2 Å². The van der Waals surface area contributed by atoms with Crippen LogP contribution in [-0.4, -0.2) is 46.3 Å². The molecule has 1 fully saturated rings. The van der Waals surface area contributed by atoms with E-state index in [2.05, 4.69) is 37.3 Å². The predicted molar refractivity (Wildman–Crippen MR) is 116 cm³/mol. The Morgan fingerprint density at radius 1 is 1.20 bits per heavy atom. The van der Waals surface area contributed by atoms with E-state index in [1.165, 1.54) is 11.3 Å². The van der Waals surface area contributed by atoms with E-state index in [4.69, 9.17) is 4.74 Å². The Balaban J connectivity index is 1.37. The largest absolute Gasteiger partial charge is 0.496 e. The molecule has 0 bridgehead atoms. The number of nitrogens with one attached hydrogen (secondary N) is 1. The van der Waals surface area contributed by atoms with E-state index >= 15 is 0 Å². The van der Waals surface area contributed by atoms with Crippen LogP contribution < -0.4 is 15.0 Å². The van der Waals surface area contributed by atoms with E-state index < -0.39 is 0 Å². The fraction of sp³-hybridized carbons (Fsp3) is 0.381. The maximum Gasteiger partial charge on any atom is 0.260 e. The summed E-state index contributed by atoms with van der Waals surface area (Å²) in [6, 6.07) is 7.77. The summed E-state index contributed by atoms with van der Waals surface area (Å²) in [4.78, 5) is 23.4. The molecule has 1 aliphatic rings. The van der Waals surface area contributed by atoms with Crippen LogP contribution >= 0.6 is 11.3 Å². The number of hydrogen-bond acceptors (Lipinski definition) is 8. The van der Waals surface area contributed by atoms with Gasteiger partial charge in [0.15, 0.2) is 0 Å². The maximum absolute atomic E-state index is 12.5. The van der Waals surface area contributed by atoms with Crippen molar-refractivity contribution in [1.29, 1.82) is 0 Å². The third-order valence-electron chi connectivity index (χ3n) is 5.19. The maximum atomic E-state index is 12.5. The van der Waals surface area contributed by atoms with Crippen molar-refractivity contribution in [2.45, 2.75) is 26.2 Å². The zero-order chi connectivity index (χ0) is 20.9. The summed E-state index contributed by atoms with van der Waals surface area (Å²) in [5.74, 6) is 1.92. The number of benzene rings is 1. The molecule has 2 aromatic heterocycles. The van der Waals surface area contributed by atoms with Crippen LogP contribution in [0, 0.1) is 5.92 Å². The lowest BCUT2D eigenvalue weighted by Crippen LogP contribution is -2.34. The highest BCUT2D eigenvalue weighted by Crippen LogP contribution is 2.24. The van der Waals surface area contributed by atoms with Gasteiger partial charge in [-0.25, -0.2) is 9.97 Å². The molecule has 1 amide bonds. The Morgan fingerprint density at radius 3 is 2.67 bits per heavy atom. The third-order valence-corrected chi connectivity index (χ3v) is 6.03. The van der Waals surface area contributed by atoms with Gasteiger partial charge in [0.2, 0.25) is 11.1 Å². The Bertz CT molecular complexity index is 999. The Morgan fingerprint density at radius 2 is 1.93 bits per heavy atom. The number of nitrogens with zero attached hydrogens (tertiary/aromatic N) is 5. The van der Waals surface area contributed by atoms with Gasteiger partial charge in [-0.15, -0.1) is 10.2 Å². The van der Waals surface area contributed by atoms with Crippen LogP contribution in [0.25, 0.3) is 0 Å². The molecule has 1 aliphatic heterocycles. The molecule has 1 saturated heterocycles. The molecule has 3 aromatic rings. The highest BCUT2D eigenvalue weighted by Gasteiger charge is 2.19. The van der Waals surface area contributed by atoms with E-state index in [1.807, 2.05) is 24.3 Å². The van der Waals surface area contributed by atoms with Gasteiger partial charge in [-0.05, 0) is 24.8 Å². The SMILES string of the molecule is COc1ccccc1Cc1nnc(NC(=O)c2cnc(N3CCC(C)CC3)nc2)s1. The van der Waals surface area contributed by atoms with Gasteiger partial charge in [0.25, 0.3) is 5.91 Å². The van der Waals surface area contributed by atoms with Crippen LogP contribution in [-0.2, 0) is 6.42 Å². The summed E-state index contributed by atoms with van der Waals surface area (Å²) < 4.78 is 5.37. The molecule has 1 N–H and O–H groups in total. The van der Waals surface area contributed by atoms with Gasteiger partial charge in [-0.2, -0.15) is 0 Å². The quantitative estimate of drug-likeness (QED) is 0.648. The number of rotatable bonds is 6. The molecule has 30 heavy (non-hydrogen) atoms. The Labute approximate surface area is 179 Å². The van der Waals surface area contributed by atoms with Crippen molar-refractivity contribution in [3.63, 3.8) is 0 Å². The molecular formula is C21H24N6O2S. The fourth-order valence-electron chi connectivity index (χ4n) is 3.37. The first kappa shape index (κ1) is 20.2. The number of anilines is 2. The number of aromatic nitrogens is 4. The molecule has 0 unspecified atom stereocenters. The minimum absolute atomic E-state index is 0.297. The lowest BCUT2D eigenvalue weighted by atomic mass is 10.00. The monoisotopic (exact) mass is 424 g/mol. The number of methoxy groups -OCH3 is 1. The molecule has 1 aromatic carbocycles. The van der Waals surface area contributed by atoms with Crippen LogP contribution in [0.5, 0.6) is 5.75 Å². The summed E-state index contributed by atoms with van der Waals surface area (Å²) in [7, 11) is 1.64. The van der Waals surface area contributed by atoms with Crippen molar-refractivity contribution >= 4 is 28.3 Å². The number of hydrogen-bond donors (Lipinski definition) is 1. The molecule has 0 spiro atoms. The van der Waals surface area contributed by atoms with Gasteiger partial charge in [0.05, 0.1) is 12.7 Å². The minimum Gasteiger partial charge on any atom is -0.496 e. The number of piperidine rings is 1. The molecule has 0 aliphatic carbocycles. The van der Waals surface area contributed by atoms with Crippen molar-refractivity contribution in [3.8, 4) is 5.75 Å². The van der Waals surface area contributed by atoms with Gasteiger partial charge in [-0.1, -0.05) is 36.5 Å². The second-order valence-electron chi connectivity index (χ2n) is 7.39. The second kappa shape index (κ2) is 9.17. The molecular weight excluding hydrogens is 400 g/mol. The number of carbonyl (C=O) groups excluding carboxylic acids is 1. The summed E-state index contributed by atoms with van der Waals surface area (Å²) in [5.41, 5.74) is 1.41. The average molecular weight is 425 g/mol. The van der Waals surface area contributed by atoms with Crippen LogP contribution in [0.4, 0.5) is 11.1 Å². The fourth-order valence-corrected chi connectivity index (χ4v) is 4.13. The normalized spacial score (nSPS) is 14.5. The van der Waals surface area contributed by atoms with Crippen molar-refractivity contribution in [3.05, 3.63) is 52.8 Å². The van der Waals surface area contributed by atoms with E-state index in [9.17, 15) is 4.79 Å². The molecule has 3 heterocycles. The van der Waals surface area contributed by atoms with Gasteiger partial charge in [-0.3, -0.25) is 10.1 Å². The Kier molecular flexibility index (Phi) is 6.18. The van der Waals surface area contributed by atoms with Crippen molar-refractivity contribution in [2.75, 3.05) is 30.4 Å². The van der Waals surface area contributed by atoms with Gasteiger partial charge >= 0.3 is 0 Å². The Hall–Kier alpha value is -3.07. The zero-order valence-electron chi connectivity index (χ0n) is 17.0. The number of carbonyl (C=O) groups is 1. The van der Waals surface area contributed by atoms with Crippen LogP contribution in [0.3, 0.4) is 0 Å². The molecule has 156 valence electrons. The summed E-state index contributed by atoms with van der Waals surface area (Å²) in [6.07, 6.45) is 5.99. The topological polar surface area (TPSA) is 93.1 Å². The highest BCUT2D eigenvalue weighted by molar-refractivity contribution is 7.15. The number of amides is 1. The first-order valence-corrected chi connectivity index (χ1v) is 10.8. The molecule has 4 rings (SSSR count). The van der Waals surface area contributed by atoms with E-state index in [-0.39, 0.29) is 5.91 Å². The number of para-hydroxylation sites is 1. The molecule has 0 atom stereocenters. The molecule has 9 heteroatoms. The van der Waals surface area contributed by atoms with E-state index in [1.54, 1.807) is 19.5 Å². The summed E-state index contributed by atoms with van der Waals surface area (Å²) in [6.45, 7) is 4.17. The van der Waals surface area contributed by atoms with Crippen LogP contribution in [0.1, 0.15) is 40.7 Å².